The van der Waals surface area contributed by atoms with Gasteiger partial charge in [-0.3, -0.25) is 0 Å². The molecule has 0 aromatic carbocycles. The van der Waals surface area contributed by atoms with Crippen LogP contribution in [0.15, 0.2) is 18.5 Å². The van der Waals surface area contributed by atoms with E-state index in [0.717, 1.165) is 6.42 Å². The zero-order chi connectivity index (χ0) is 14.8. The summed E-state index contributed by atoms with van der Waals surface area (Å²) in [7, 11) is 1.69. The molecule has 0 radical (unpaired) electrons. The van der Waals surface area contributed by atoms with Crippen molar-refractivity contribution in [2.45, 2.75) is 19.5 Å². The molecule has 8 heteroatoms. The molecule has 0 spiro atoms. The largest absolute Gasteiger partial charge is 0.451 e. The average molecular weight is 285 g/mol. The third-order valence-electron chi connectivity index (χ3n) is 2.59. The lowest BCUT2D eigenvalue weighted by molar-refractivity contribution is -0.144. The van der Waals surface area contributed by atoms with Crippen LogP contribution in [0.2, 0.25) is 0 Å². The zero-order valence-electron chi connectivity index (χ0n) is 11.1. The first-order valence-electron chi connectivity index (χ1n) is 6.09. The number of halogens is 3. The van der Waals surface area contributed by atoms with Gasteiger partial charge in [0.2, 0.25) is 5.82 Å². The third-order valence-corrected chi connectivity index (χ3v) is 2.59. The maximum Gasteiger partial charge on any atom is 0.451 e. The quantitative estimate of drug-likeness (QED) is 0.938. The molecule has 1 N–H and O–H groups in total. The molecule has 0 unspecified atom stereocenters. The van der Waals surface area contributed by atoms with Crippen molar-refractivity contribution in [2.75, 3.05) is 11.9 Å². The minimum atomic E-state index is -4.59. The molecule has 2 heterocycles. The Kier molecular flexibility index (Phi) is 3.91. The number of hydrogen-bond acceptors (Lipinski definition) is 4. The third kappa shape index (κ3) is 3.06. The Hall–Kier alpha value is -2.12. The van der Waals surface area contributed by atoms with Crippen LogP contribution in [0, 0.1) is 0 Å². The summed E-state index contributed by atoms with van der Waals surface area (Å²) in [5, 5.41) is 2.84. The van der Waals surface area contributed by atoms with Gasteiger partial charge in [-0.05, 0) is 6.42 Å². The normalized spacial score (nSPS) is 11.7. The highest BCUT2D eigenvalue weighted by molar-refractivity contribution is 5.55. The Morgan fingerprint density at radius 3 is 2.60 bits per heavy atom. The Balaban J connectivity index is 2.48. The van der Waals surface area contributed by atoms with E-state index in [-0.39, 0.29) is 11.5 Å². The highest BCUT2D eigenvalue weighted by atomic mass is 19.4. The predicted molar refractivity (Wildman–Crippen MR) is 68.0 cm³/mol. The van der Waals surface area contributed by atoms with E-state index in [1.807, 2.05) is 6.92 Å². The number of imidazole rings is 1. The maximum atomic E-state index is 12.8. The van der Waals surface area contributed by atoms with Crippen LogP contribution in [0.5, 0.6) is 0 Å². The number of aryl methyl sites for hydroxylation is 1. The van der Waals surface area contributed by atoms with Gasteiger partial charge in [0.1, 0.15) is 11.5 Å². The first-order chi connectivity index (χ1) is 9.41. The molecule has 0 aliphatic carbocycles. The molecule has 0 saturated carbocycles. The molecular formula is C12H14F3N5. The molecule has 0 atom stereocenters. The van der Waals surface area contributed by atoms with Crippen molar-refractivity contribution in [3.63, 3.8) is 0 Å². The summed E-state index contributed by atoms with van der Waals surface area (Å²) < 4.78 is 40.1. The number of nitrogens with one attached hydrogen (secondary N) is 1. The summed E-state index contributed by atoms with van der Waals surface area (Å²) in [6, 6.07) is 1.47. The van der Waals surface area contributed by atoms with Crippen molar-refractivity contribution in [3.05, 3.63) is 24.3 Å². The molecule has 2 aromatic rings. The number of nitrogens with zero attached hydrogens (tertiary/aromatic N) is 4. The lowest BCUT2D eigenvalue weighted by Gasteiger charge is -2.11. The van der Waals surface area contributed by atoms with Crippen LogP contribution >= 0.6 is 0 Å². The van der Waals surface area contributed by atoms with Gasteiger partial charge in [0, 0.05) is 32.1 Å². The number of hydrogen-bond donors (Lipinski definition) is 1. The summed E-state index contributed by atoms with van der Waals surface area (Å²) >= 11 is 0. The van der Waals surface area contributed by atoms with Crippen LogP contribution in [-0.2, 0) is 13.2 Å². The topological polar surface area (TPSA) is 55.6 Å². The Morgan fingerprint density at radius 1 is 1.30 bits per heavy atom. The zero-order valence-corrected chi connectivity index (χ0v) is 11.1. The van der Waals surface area contributed by atoms with E-state index in [2.05, 4.69) is 20.3 Å². The fourth-order valence-electron chi connectivity index (χ4n) is 1.64. The summed E-state index contributed by atoms with van der Waals surface area (Å²) in [4.78, 5) is 11.1. The van der Waals surface area contributed by atoms with Gasteiger partial charge >= 0.3 is 6.18 Å². The fraction of sp³-hybridized carbons (Fsp3) is 0.417. The summed E-state index contributed by atoms with van der Waals surface area (Å²) in [5.41, 5.74) is 0.137. The second kappa shape index (κ2) is 5.48. The molecule has 0 aliphatic heterocycles. The maximum absolute atomic E-state index is 12.8. The van der Waals surface area contributed by atoms with E-state index in [1.54, 1.807) is 17.8 Å². The highest BCUT2D eigenvalue weighted by Gasteiger charge is 2.35. The molecule has 0 amide bonds. The molecule has 0 aliphatic rings. The van der Waals surface area contributed by atoms with E-state index in [0.29, 0.717) is 12.4 Å². The van der Waals surface area contributed by atoms with Crippen LogP contribution < -0.4 is 5.32 Å². The van der Waals surface area contributed by atoms with E-state index in [1.165, 1.54) is 12.3 Å². The van der Waals surface area contributed by atoms with Gasteiger partial charge in [-0.25, -0.2) is 15.0 Å². The summed E-state index contributed by atoms with van der Waals surface area (Å²) in [6.45, 7) is 2.45. The predicted octanol–water partition coefficient (Wildman–Crippen LogP) is 2.72. The SMILES string of the molecule is CCCNc1cc(-c2nccn2C)nc(C(F)(F)F)n1. The number of alkyl halides is 3. The lowest BCUT2D eigenvalue weighted by atomic mass is 10.3. The van der Waals surface area contributed by atoms with Crippen molar-refractivity contribution in [1.29, 1.82) is 0 Å². The summed E-state index contributed by atoms with van der Waals surface area (Å²) in [6.07, 6.45) is -0.666. The molecular weight excluding hydrogens is 271 g/mol. The van der Waals surface area contributed by atoms with E-state index in [4.69, 9.17) is 0 Å². The van der Waals surface area contributed by atoms with Crippen molar-refractivity contribution in [2.24, 2.45) is 7.05 Å². The lowest BCUT2D eigenvalue weighted by Crippen LogP contribution is -2.14. The van der Waals surface area contributed by atoms with Gasteiger partial charge < -0.3 is 9.88 Å². The van der Waals surface area contributed by atoms with Crippen molar-refractivity contribution >= 4 is 5.82 Å². The van der Waals surface area contributed by atoms with E-state index in [9.17, 15) is 13.2 Å². The van der Waals surface area contributed by atoms with Gasteiger partial charge in [-0.15, -0.1) is 0 Å². The van der Waals surface area contributed by atoms with Gasteiger partial charge in [-0.2, -0.15) is 13.2 Å². The van der Waals surface area contributed by atoms with E-state index >= 15 is 0 Å². The number of aromatic nitrogens is 4. The minimum Gasteiger partial charge on any atom is -0.370 e. The van der Waals surface area contributed by atoms with Gasteiger partial charge in [0.25, 0.3) is 0 Å². The Morgan fingerprint density at radius 2 is 2.05 bits per heavy atom. The van der Waals surface area contributed by atoms with E-state index < -0.39 is 12.0 Å². The van der Waals surface area contributed by atoms with Crippen molar-refractivity contribution < 1.29 is 13.2 Å². The van der Waals surface area contributed by atoms with Gasteiger partial charge in [-0.1, -0.05) is 6.92 Å². The van der Waals surface area contributed by atoms with Crippen LogP contribution in [0.1, 0.15) is 19.2 Å². The monoisotopic (exact) mass is 285 g/mol. The number of anilines is 1. The van der Waals surface area contributed by atoms with Crippen LogP contribution in [0.4, 0.5) is 19.0 Å². The Labute approximate surface area is 113 Å². The van der Waals surface area contributed by atoms with Gasteiger partial charge in [0.05, 0.1) is 0 Å². The molecule has 20 heavy (non-hydrogen) atoms. The van der Waals surface area contributed by atoms with Crippen LogP contribution in [0.25, 0.3) is 11.5 Å². The van der Waals surface area contributed by atoms with Crippen molar-refractivity contribution in [1.82, 2.24) is 19.5 Å². The molecule has 5 nitrogen and oxygen atoms in total. The number of rotatable bonds is 4. The molecule has 0 fully saturated rings. The smallest absolute Gasteiger partial charge is 0.370 e. The molecule has 108 valence electrons. The first kappa shape index (κ1) is 14.3. The highest BCUT2D eigenvalue weighted by Crippen LogP contribution is 2.29. The molecule has 2 aromatic heterocycles. The molecule has 0 bridgehead atoms. The second-order valence-corrected chi connectivity index (χ2v) is 4.25. The molecule has 0 saturated heterocycles. The standard InChI is InChI=1S/C12H14F3N5/c1-3-4-16-9-7-8(10-17-5-6-20(10)2)18-11(19-9)12(13,14)15/h5-7H,3-4H2,1-2H3,(H,16,18,19). The van der Waals surface area contributed by atoms with Gasteiger partial charge in [0.15, 0.2) is 5.82 Å². The minimum absolute atomic E-state index is 0.137. The molecule has 2 rings (SSSR count). The van der Waals surface area contributed by atoms with Crippen LogP contribution in [0.3, 0.4) is 0 Å². The van der Waals surface area contributed by atoms with Crippen LogP contribution in [-0.4, -0.2) is 26.1 Å². The average Bonchev–Trinajstić information content (AvgIpc) is 2.81. The Bertz CT molecular complexity index is 591. The summed E-state index contributed by atoms with van der Waals surface area (Å²) in [5.74, 6) is -0.666. The first-order valence-corrected chi connectivity index (χ1v) is 6.09. The second-order valence-electron chi connectivity index (χ2n) is 4.25. The van der Waals surface area contributed by atoms with Crippen molar-refractivity contribution in [3.8, 4) is 11.5 Å². The fourth-order valence-corrected chi connectivity index (χ4v) is 1.64.